The minimum Gasteiger partial charge on any atom is -0.316 e. The molecule has 2 atom stereocenters. The first-order valence-corrected chi connectivity index (χ1v) is 8.30. The van der Waals surface area contributed by atoms with Gasteiger partial charge >= 0.3 is 0 Å². The van der Waals surface area contributed by atoms with Crippen LogP contribution in [0, 0.1) is 5.92 Å². The lowest BCUT2D eigenvalue weighted by Crippen LogP contribution is -2.34. The van der Waals surface area contributed by atoms with Crippen molar-refractivity contribution in [2.75, 3.05) is 19.6 Å². The molecule has 1 saturated heterocycles. The van der Waals surface area contributed by atoms with Gasteiger partial charge in [-0.3, -0.25) is 0 Å². The summed E-state index contributed by atoms with van der Waals surface area (Å²) in [6.45, 7) is 8.30. The van der Waals surface area contributed by atoms with Crippen molar-refractivity contribution in [3.63, 3.8) is 0 Å². The highest BCUT2D eigenvalue weighted by Gasteiger charge is 2.11. The van der Waals surface area contributed by atoms with Gasteiger partial charge in [0.05, 0.1) is 0 Å². The van der Waals surface area contributed by atoms with E-state index in [9.17, 15) is 0 Å². The molecule has 2 heteroatoms. The van der Waals surface area contributed by atoms with E-state index in [-0.39, 0.29) is 0 Å². The molecule has 2 N–H and O–H groups in total. The second-order valence-corrected chi connectivity index (χ2v) is 5.91. The molecule has 0 bridgehead atoms. The van der Waals surface area contributed by atoms with E-state index in [2.05, 4.69) is 24.5 Å². The Morgan fingerprint density at radius 1 is 1.22 bits per heavy atom. The van der Waals surface area contributed by atoms with E-state index in [4.69, 9.17) is 0 Å². The highest BCUT2D eigenvalue weighted by Crippen LogP contribution is 2.12. The topological polar surface area (TPSA) is 24.1 Å². The quantitative estimate of drug-likeness (QED) is 0.581. The average molecular weight is 254 g/mol. The maximum Gasteiger partial charge on any atom is 0.00675 e. The van der Waals surface area contributed by atoms with Gasteiger partial charge in [0.25, 0.3) is 0 Å². The highest BCUT2D eigenvalue weighted by atomic mass is 14.9. The molecule has 18 heavy (non-hydrogen) atoms. The zero-order valence-corrected chi connectivity index (χ0v) is 12.6. The molecule has 1 heterocycles. The van der Waals surface area contributed by atoms with Crippen LogP contribution < -0.4 is 10.6 Å². The molecule has 0 amide bonds. The molecule has 0 aliphatic carbocycles. The molecule has 2 nitrogen and oxygen atoms in total. The molecule has 1 fully saturated rings. The zero-order chi connectivity index (χ0) is 13.1. The number of unbranched alkanes of at least 4 members (excludes halogenated alkanes) is 1. The number of hydrogen-bond acceptors (Lipinski definition) is 2. The van der Waals surface area contributed by atoms with Crippen LogP contribution in [0.4, 0.5) is 0 Å². The van der Waals surface area contributed by atoms with Gasteiger partial charge in [-0.1, -0.05) is 39.5 Å². The average Bonchev–Trinajstić information content (AvgIpc) is 2.43. The first-order chi connectivity index (χ1) is 8.86. The number of nitrogens with one attached hydrogen (secondary N) is 2. The minimum atomic E-state index is 0.808. The van der Waals surface area contributed by atoms with Crippen LogP contribution in [0.5, 0.6) is 0 Å². The molecular formula is C16H34N2. The Bertz CT molecular complexity index is 176. The SMILES string of the molecule is CCCCC(CC)CNCCCC1CCCCN1. The van der Waals surface area contributed by atoms with E-state index in [0.717, 1.165) is 12.0 Å². The summed E-state index contributed by atoms with van der Waals surface area (Å²) in [7, 11) is 0. The first-order valence-electron chi connectivity index (χ1n) is 8.30. The second kappa shape index (κ2) is 10.8. The Morgan fingerprint density at radius 2 is 2.11 bits per heavy atom. The Labute approximate surface area is 114 Å². The fourth-order valence-electron chi connectivity index (χ4n) is 2.89. The zero-order valence-electron chi connectivity index (χ0n) is 12.6. The van der Waals surface area contributed by atoms with Gasteiger partial charge in [-0.15, -0.1) is 0 Å². The van der Waals surface area contributed by atoms with Crippen LogP contribution >= 0.6 is 0 Å². The maximum absolute atomic E-state index is 3.66. The third-order valence-electron chi connectivity index (χ3n) is 4.29. The fraction of sp³-hybridized carbons (Fsp3) is 1.00. The van der Waals surface area contributed by atoms with Gasteiger partial charge in [0.1, 0.15) is 0 Å². The monoisotopic (exact) mass is 254 g/mol. The third kappa shape index (κ3) is 7.38. The summed E-state index contributed by atoms with van der Waals surface area (Å²) in [5.41, 5.74) is 0. The van der Waals surface area contributed by atoms with Crippen LogP contribution in [0.1, 0.15) is 71.6 Å². The molecule has 0 aromatic heterocycles. The van der Waals surface area contributed by atoms with E-state index in [1.807, 2.05) is 0 Å². The van der Waals surface area contributed by atoms with Gasteiger partial charge < -0.3 is 10.6 Å². The molecular weight excluding hydrogens is 220 g/mol. The maximum atomic E-state index is 3.66. The van der Waals surface area contributed by atoms with Crippen LogP contribution in [-0.2, 0) is 0 Å². The van der Waals surface area contributed by atoms with Gasteiger partial charge in [0.2, 0.25) is 0 Å². The lowest BCUT2D eigenvalue weighted by molar-refractivity contribution is 0.366. The van der Waals surface area contributed by atoms with Crippen molar-refractivity contribution in [1.29, 1.82) is 0 Å². The Balaban J connectivity index is 1.93. The van der Waals surface area contributed by atoms with Crippen molar-refractivity contribution in [2.24, 2.45) is 5.92 Å². The van der Waals surface area contributed by atoms with Gasteiger partial charge in [-0.2, -0.15) is 0 Å². The Morgan fingerprint density at radius 3 is 2.78 bits per heavy atom. The van der Waals surface area contributed by atoms with Gasteiger partial charge in [0, 0.05) is 6.04 Å². The lowest BCUT2D eigenvalue weighted by atomic mass is 9.99. The highest BCUT2D eigenvalue weighted by molar-refractivity contribution is 4.72. The normalized spacial score (nSPS) is 22.0. The third-order valence-corrected chi connectivity index (χ3v) is 4.29. The molecule has 2 unspecified atom stereocenters. The van der Waals surface area contributed by atoms with E-state index >= 15 is 0 Å². The van der Waals surface area contributed by atoms with E-state index in [0.29, 0.717) is 0 Å². The van der Waals surface area contributed by atoms with Crippen molar-refractivity contribution in [1.82, 2.24) is 10.6 Å². The van der Waals surface area contributed by atoms with E-state index in [1.54, 1.807) is 0 Å². The molecule has 0 aromatic rings. The first kappa shape index (κ1) is 16.0. The summed E-state index contributed by atoms with van der Waals surface area (Å²) < 4.78 is 0. The molecule has 0 saturated carbocycles. The van der Waals surface area contributed by atoms with Crippen molar-refractivity contribution in [3.8, 4) is 0 Å². The molecule has 1 aliphatic rings. The summed E-state index contributed by atoms with van der Waals surface area (Å²) in [6.07, 6.45) is 12.4. The summed E-state index contributed by atoms with van der Waals surface area (Å²) >= 11 is 0. The molecule has 1 aliphatic heterocycles. The van der Waals surface area contributed by atoms with Crippen molar-refractivity contribution >= 4 is 0 Å². The smallest absolute Gasteiger partial charge is 0.00675 e. The van der Waals surface area contributed by atoms with Crippen molar-refractivity contribution < 1.29 is 0 Å². The van der Waals surface area contributed by atoms with Crippen LogP contribution in [0.2, 0.25) is 0 Å². The molecule has 108 valence electrons. The predicted octanol–water partition coefficient (Wildman–Crippen LogP) is 3.71. The molecule has 1 rings (SSSR count). The molecule has 0 aromatic carbocycles. The van der Waals surface area contributed by atoms with E-state index in [1.165, 1.54) is 77.4 Å². The summed E-state index contributed by atoms with van der Waals surface area (Å²) in [6, 6.07) is 0.808. The van der Waals surface area contributed by atoms with Gasteiger partial charge in [-0.25, -0.2) is 0 Å². The fourth-order valence-corrected chi connectivity index (χ4v) is 2.89. The largest absolute Gasteiger partial charge is 0.316 e. The van der Waals surface area contributed by atoms with Crippen LogP contribution in [0.15, 0.2) is 0 Å². The standard InChI is InChI=1S/C16H34N2/c1-3-5-9-15(4-2)14-17-12-8-11-16-10-6-7-13-18-16/h15-18H,3-14H2,1-2H3. The van der Waals surface area contributed by atoms with Crippen LogP contribution in [0.25, 0.3) is 0 Å². The Kier molecular flexibility index (Phi) is 9.59. The van der Waals surface area contributed by atoms with Crippen LogP contribution in [0.3, 0.4) is 0 Å². The molecule has 0 spiro atoms. The van der Waals surface area contributed by atoms with Crippen molar-refractivity contribution in [2.45, 2.75) is 77.7 Å². The minimum absolute atomic E-state index is 0.808. The summed E-state index contributed by atoms with van der Waals surface area (Å²) in [5, 5.41) is 7.29. The predicted molar refractivity (Wildman–Crippen MR) is 81.1 cm³/mol. The van der Waals surface area contributed by atoms with Crippen LogP contribution in [-0.4, -0.2) is 25.7 Å². The molecule has 0 radical (unpaired) electrons. The van der Waals surface area contributed by atoms with Gasteiger partial charge in [-0.05, 0) is 57.7 Å². The van der Waals surface area contributed by atoms with E-state index < -0.39 is 0 Å². The number of piperidine rings is 1. The summed E-state index contributed by atoms with van der Waals surface area (Å²) in [4.78, 5) is 0. The number of rotatable bonds is 10. The summed E-state index contributed by atoms with van der Waals surface area (Å²) in [5.74, 6) is 0.901. The Hall–Kier alpha value is -0.0800. The lowest BCUT2D eigenvalue weighted by Gasteiger charge is -2.23. The van der Waals surface area contributed by atoms with Crippen molar-refractivity contribution in [3.05, 3.63) is 0 Å². The van der Waals surface area contributed by atoms with Gasteiger partial charge in [0.15, 0.2) is 0 Å². The second-order valence-electron chi connectivity index (χ2n) is 5.91. The number of hydrogen-bond donors (Lipinski definition) is 2.